The molecule has 1 N–H and O–H groups in total. The SMILES string of the molecule is c1ccc(-c2ccc(Nc3ccc4c(c3)C3(c5ccccc5-4)c4ccccc4C(c4ccccc4)(c4ccccc4)c4ccccc43)cc2)cc1.c1ccc2c(c1)c1ccccc1c1ccccc21. The fourth-order valence-electron chi connectivity index (χ4n) is 12.1. The van der Waals surface area contributed by atoms with Crippen LogP contribution >= 0.6 is 0 Å². The molecule has 0 bridgehead atoms. The molecule has 1 heteroatoms. The minimum Gasteiger partial charge on any atom is -0.356 e. The van der Waals surface area contributed by atoms with Crippen LogP contribution < -0.4 is 5.32 Å². The zero-order chi connectivity index (χ0) is 45.8. The van der Waals surface area contributed by atoms with E-state index in [1.54, 1.807) is 0 Å². The molecule has 0 heterocycles. The molecule has 0 aliphatic heterocycles. The molecule has 0 saturated carbocycles. The number of fused-ring (bicyclic) bond motifs is 15. The molecule has 0 saturated heterocycles. The second-order valence-electron chi connectivity index (χ2n) is 18.3. The van der Waals surface area contributed by atoms with Gasteiger partial charge in [-0.1, -0.05) is 255 Å². The van der Waals surface area contributed by atoms with E-state index in [0.29, 0.717) is 0 Å². The molecule has 324 valence electrons. The Hall–Kier alpha value is -8.78. The Morgan fingerprint density at radius 2 is 0.551 bits per heavy atom. The van der Waals surface area contributed by atoms with E-state index in [1.165, 1.54) is 99.1 Å². The van der Waals surface area contributed by atoms with Crippen molar-refractivity contribution in [3.8, 4) is 22.3 Å². The summed E-state index contributed by atoms with van der Waals surface area (Å²) >= 11 is 0. The molecule has 0 fully saturated rings. The van der Waals surface area contributed by atoms with Crippen LogP contribution in [0.4, 0.5) is 11.4 Å². The summed E-state index contributed by atoms with van der Waals surface area (Å²) in [6.45, 7) is 0. The quantitative estimate of drug-likeness (QED) is 0.170. The van der Waals surface area contributed by atoms with Crippen LogP contribution in [0.3, 0.4) is 0 Å². The third-order valence-electron chi connectivity index (χ3n) is 14.9. The Kier molecular flexibility index (Phi) is 9.70. The van der Waals surface area contributed by atoms with E-state index in [-0.39, 0.29) is 0 Å². The summed E-state index contributed by atoms with van der Waals surface area (Å²) in [5, 5.41) is 11.8. The Balaban J connectivity index is 0.000000217. The van der Waals surface area contributed by atoms with Gasteiger partial charge in [-0.15, -0.1) is 0 Å². The van der Waals surface area contributed by atoms with Crippen molar-refractivity contribution in [2.24, 2.45) is 0 Å². The van der Waals surface area contributed by atoms with Crippen LogP contribution in [0.25, 0.3) is 54.6 Å². The lowest BCUT2D eigenvalue weighted by Gasteiger charge is -2.50. The van der Waals surface area contributed by atoms with E-state index in [0.717, 1.165) is 11.4 Å². The number of rotatable bonds is 5. The number of hydrogen-bond acceptors (Lipinski definition) is 1. The monoisotopic (exact) mass is 877 g/mol. The molecule has 2 aliphatic rings. The number of anilines is 2. The average Bonchev–Trinajstić information content (AvgIpc) is 3.72. The summed E-state index contributed by atoms with van der Waals surface area (Å²) in [6, 6.07) is 102. The summed E-state index contributed by atoms with van der Waals surface area (Å²) in [5.41, 5.74) is 16.6. The fourth-order valence-corrected chi connectivity index (χ4v) is 12.1. The van der Waals surface area contributed by atoms with Gasteiger partial charge in [0.25, 0.3) is 0 Å². The largest absolute Gasteiger partial charge is 0.356 e. The Bertz CT molecular complexity index is 3540. The molecule has 69 heavy (non-hydrogen) atoms. The van der Waals surface area contributed by atoms with Gasteiger partial charge in [-0.3, -0.25) is 0 Å². The maximum absolute atomic E-state index is 3.78. The van der Waals surface area contributed by atoms with Crippen molar-refractivity contribution in [2.45, 2.75) is 10.8 Å². The molecule has 14 rings (SSSR count). The van der Waals surface area contributed by atoms with Crippen molar-refractivity contribution in [3.63, 3.8) is 0 Å². The number of hydrogen-bond donors (Lipinski definition) is 1. The van der Waals surface area contributed by atoms with Crippen LogP contribution in [-0.4, -0.2) is 0 Å². The minimum absolute atomic E-state index is 0.505. The standard InChI is InChI=1S/C50H35N.C18H12/c1-4-16-35(17-5-1)36-28-30-39(31-29-36)51-40-32-33-42-41-22-10-11-23-43(41)50(48(42)34-40)46-26-14-12-24-44(46)49(37-18-6-2-7-19-37,38-20-8-3-9-21-38)45-25-13-15-27-47(45)50;1-2-8-14-13(7-1)15-9-3-4-11-17(15)18-12-6-5-10-16(14)18/h1-34,51H;1-12H. The third kappa shape index (κ3) is 6.24. The highest BCUT2D eigenvalue weighted by Crippen LogP contribution is 2.64. The number of benzene rings is 12. The fraction of sp³-hybridized carbons (Fsp3) is 0.0294. The molecule has 12 aromatic carbocycles. The zero-order valence-electron chi connectivity index (χ0n) is 38.1. The minimum atomic E-state index is -0.513. The molecule has 1 spiro atoms. The average molecular weight is 878 g/mol. The second kappa shape index (κ2) is 16.5. The van der Waals surface area contributed by atoms with Crippen LogP contribution in [-0.2, 0) is 10.8 Å². The maximum Gasteiger partial charge on any atom is 0.0720 e. The molecular weight excluding hydrogens is 831 g/mol. The van der Waals surface area contributed by atoms with E-state index < -0.39 is 10.8 Å². The van der Waals surface area contributed by atoms with Gasteiger partial charge in [-0.2, -0.15) is 0 Å². The number of nitrogens with one attached hydrogen (secondary N) is 1. The van der Waals surface area contributed by atoms with E-state index >= 15 is 0 Å². The molecule has 2 aliphatic carbocycles. The first-order valence-electron chi connectivity index (χ1n) is 24.0. The highest BCUT2D eigenvalue weighted by Gasteiger charge is 2.56. The van der Waals surface area contributed by atoms with Gasteiger partial charge in [0.15, 0.2) is 0 Å². The molecule has 0 radical (unpaired) electrons. The Morgan fingerprint density at radius 3 is 1.01 bits per heavy atom. The summed E-state index contributed by atoms with van der Waals surface area (Å²) in [4.78, 5) is 0. The summed E-state index contributed by atoms with van der Waals surface area (Å²) in [7, 11) is 0. The summed E-state index contributed by atoms with van der Waals surface area (Å²) < 4.78 is 0. The van der Waals surface area contributed by atoms with Crippen molar-refractivity contribution < 1.29 is 0 Å². The van der Waals surface area contributed by atoms with Crippen LogP contribution in [0.5, 0.6) is 0 Å². The first-order valence-corrected chi connectivity index (χ1v) is 24.0. The van der Waals surface area contributed by atoms with Crippen molar-refractivity contribution in [1.29, 1.82) is 0 Å². The molecule has 0 unspecified atom stereocenters. The second-order valence-corrected chi connectivity index (χ2v) is 18.3. The lowest BCUT2D eigenvalue weighted by atomic mass is 9.51. The van der Waals surface area contributed by atoms with E-state index in [2.05, 4.69) is 284 Å². The van der Waals surface area contributed by atoms with Gasteiger partial charge < -0.3 is 5.32 Å². The predicted molar refractivity (Wildman–Crippen MR) is 290 cm³/mol. The van der Waals surface area contributed by atoms with Gasteiger partial charge in [-0.05, 0) is 123 Å². The van der Waals surface area contributed by atoms with Gasteiger partial charge in [0, 0.05) is 11.4 Å². The maximum atomic E-state index is 3.78. The lowest BCUT2D eigenvalue weighted by molar-refractivity contribution is 0.624. The highest BCUT2D eigenvalue weighted by atomic mass is 14.9. The van der Waals surface area contributed by atoms with Gasteiger partial charge in [-0.25, -0.2) is 0 Å². The van der Waals surface area contributed by atoms with Crippen molar-refractivity contribution in [3.05, 3.63) is 324 Å². The zero-order valence-corrected chi connectivity index (χ0v) is 38.1. The Morgan fingerprint density at radius 1 is 0.217 bits per heavy atom. The lowest BCUT2D eigenvalue weighted by Crippen LogP contribution is -2.44. The van der Waals surface area contributed by atoms with E-state index in [9.17, 15) is 0 Å². The van der Waals surface area contributed by atoms with Crippen LogP contribution in [0, 0.1) is 0 Å². The van der Waals surface area contributed by atoms with Crippen LogP contribution in [0.1, 0.15) is 44.5 Å². The molecule has 0 aromatic heterocycles. The van der Waals surface area contributed by atoms with Gasteiger partial charge in [0.2, 0.25) is 0 Å². The topological polar surface area (TPSA) is 12.0 Å². The van der Waals surface area contributed by atoms with Crippen LogP contribution in [0.2, 0.25) is 0 Å². The van der Waals surface area contributed by atoms with E-state index in [4.69, 9.17) is 0 Å². The Labute approximate surface area is 403 Å². The van der Waals surface area contributed by atoms with Crippen molar-refractivity contribution in [1.82, 2.24) is 0 Å². The molecule has 1 nitrogen and oxygen atoms in total. The van der Waals surface area contributed by atoms with Crippen molar-refractivity contribution in [2.75, 3.05) is 5.32 Å². The van der Waals surface area contributed by atoms with Crippen molar-refractivity contribution >= 4 is 43.7 Å². The third-order valence-corrected chi connectivity index (χ3v) is 14.9. The van der Waals surface area contributed by atoms with Gasteiger partial charge >= 0.3 is 0 Å². The first kappa shape index (κ1) is 40.5. The summed E-state index contributed by atoms with van der Waals surface area (Å²) in [5.74, 6) is 0. The highest BCUT2D eigenvalue weighted by molar-refractivity contribution is 6.25. The van der Waals surface area contributed by atoms with Gasteiger partial charge in [0.1, 0.15) is 0 Å². The van der Waals surface area contributed by atoms with Crippen LogP contribution in [0.15, 0.2) is 279 Å². The summed E-state index contributed by atoms with van der Waals surface area (Å²) in [6.07, 6.45) is 0. The predicted octanol–water partition coefficient (Wildman–Crippen LogP) is 17.3. The smallest absolute Gasteiger partial charge is 0.0720 e. The van der Waals surface area contributed by atoms with E-state index in [1.807, 2.05) is 0 Å². The molecular formula is C68H47N. The van der Waals surface area contributed by atoms with Gasteiger partial charge in [0.05, 0.1) is 10.8 Å². The normalized spacial score (nSPS) is 13.4. The molecule has 0 amide bonds. The first-order chi connectivity index (χ1) is 34.2. The molecule has 12 aromatic rings. The molecule has 0 atom stereocenters.